The molecular formula is C28H28N6O. The van der Waals surface area contributed by atoms with Crippen molar-refractivity contribution in [2.45, 2.75) is 33.0 Å². The predicted molar refractivity (Wildman–Crippen MR) is 137 cm³/mol. The number of aromatic nitrogens is 5. The van der Waals surface area contributed by atoms with E-state index in [-0.39, 0.29) is 5.56 Å². The lowest BCUT2D eigenvalue weighted by atomic mass is 10.0. The summed E-state index contributed by atoms with van der Waals surface area (Å²) in [6.07, 6.45) is 0. The van der Waals surface area contributed by atoms with Gasteiger partial charge in [-0.3, -0.25) is 9.69 Å². The van der Waals surface area contributed by atoms with Crippen LogP contribution in [0.1, 0.15) is 41.0 Å². The van der Waals surface area contributed by atoms with Crippen LogP contribution in [0.5, 0.6) is 0 Å². The fourth-order valence-electron chi connectivity index (χ4n) is 4.51. The largest absolute Gasteiger partial charge is 0.322 e. The number of rotatable bonds is 8. The molecule has 3 aromatic carbocycles. The number of fused-ring (bicyclic) bond motifs is 1. The monoisotopic (exact) mass is 464 g/mol. The third-order valence-electron chi connectivity index (χ3n) is 6.30. The Labute approximate surface area is 204 Å². The van der Waals surface area contributed by atoms with Gasteiger partial charge in [-0.1, -0.05) is 79.7 Å². The zero-order chi connectivity index (χ0) is 24.2. The summed E-state index contributed by atoms with van der Waals surface area (Å²) >= 11 is 0. The van der Waals surface area contributed by atoms with Crippen LogP contribution in [0.25, 0.3) is 10.9 Å². The highest BCUT2D eigenvalue weighted by atomic mass is 16.1. The minimum Gasteiger partial charge on any atom is -0.322 e. The highest BCUT2D eigenvalue weighted by molar-refractivity contribution is 5.79. The first-order valence-corrected chi connectivity index (χ1v) is 11.8. The van der Waals surface area contributed by atoms with Gasteiger partial charge in [0, 0.05) is 17.6 Å². The summed E-state index contributed by atoms with van der Waals surface area (Å²) in [7, 11) is 0. The Morgan fingerprint density at radius 3 is 2.37 bits per heavy atom. The molecule has 0 unspecified atom stereocenters. The van der Waals surface area contributed by atoms with Gasteiger partial charge in [-0.2, -0.15) is 0 Å². The first-order chi connectivity index (χ1) is 17.1. The van der Waals surface area contributed by atoms with E-state index in [1.807, 2.05) is 73.7 Å². The number of benzene rings is 3. The normalized spacial score (nSPS) is 12.3. The van der Waals surface area contributed by atoms with Crippen molar-refractivity contribution in [1.82, 2.24) is 30.1 Å². The van der Waals surface area contributed by atoms with Gasteiger partial charge in [-0.15, -0.1) is 5.10 Å². The average molecular weight is 465 g/mol. The number of pyridine rings is 1. The van der Waals surface area contributed by atoms with Crippen molar-refractivity contribution in [3.63, 3.8) is 0 Å². The Balaban J connectivity index is 1.64. The number of nitrogens with one attached hydrogen (secondary N) is 1. The van der Waals surface area contributed by atoms with E-state index in [1.165, 1.54) is 0 Å². The summed E-state index contributed by atoms with van der Waals surface area (Å²) in [6, 6.07) is 28.0. The molecule has 5 aromatic rings. The van der Waals surface area contributed by atoms with Crippen LogP contribution in [0.15, 0.2) is 89.7 Å². The van der Waals surface area contributed by atoms with Gasteiger partial charge in [-0.05, 0) is 58.1 Å². The van der Waals surface area contributed by atoms with Gasteiger partial charge in [-0.25, -0.2) is 4.68 Å². The number of hydrogen-bond donors (Lipinski definition) is 1. The molecule has 7 heteroatoms. The molecule has 0 bridgehead atoms. The lowest BCUT2D eigenvalue weighted by Crippen LogP contribution is -2.35. The summed E-state index contributed by atoms with van der Waals surface area (Å²) in [5.41, 5.74) is 4.68. The van der Waals surface area contributed by atoms with E-state index in [0.717, 1.165) is 27.6 Å². The summed E-state index contributed by atoms with van der Waals surface area (Å²) in [5.74, 6) is 0.642. The molecule has 2 heterocycles. The molecule has 0 radical (unpaired) electrons. The predicted octanol–water partition coefficient (Wildman–Crippen LogP) is 4.48. The molecule has 0 spiro atoms. The molecule has 0 aliphatic carbocycles. The number of tetrazole rings is 1. The maximum Gasteiger partial charge on any atom is 0.253 e. The Kier molecular flexibility index (Phi) is 6.50. The van der Waals surface area contributed by atoms with E-state index < -0.39 is 6.04 Å². The molecule has 5 rings (SSSR count). The van der Waals surface area contributed by atoms with Gasteiger partial charge in [0.1, 0.15) is 6.04 Å². The molecule has 35 heavy (non-hydrogen) atoms. The molecule has 2 aromatic heterocycles. The third kappa shape index (κ3) is 4.90. The van der Waals surface area contributed by atoms with E-state index in [4.69, 9.17) is 0 Å². The number of nitrogens with zero attached hydrogens (tertiary/aromatic N) is 5. The molecule has 176 valence electrons. The van der Waals surface area contributed by atoms with Crippen LogP contribution in [0, 0.1) is 6.92 Å². The van der Waals surface area contributed by atoms with E-state index >= 15 is 0 Å². The second-order valence-corrected chi connectivity index (χ2v) is 8.78. The summed E-state index contributed by atoms with van der Waals surface area (Å²) in [4.78, 5) is 18.8. The lowest BCUT2D eigenvalue weighted by molar-refractivity contribution is 0.214. The van der Waals surface area contributed by atoms with Gasteiger partial charge in [0.05, 0.1) is 6.54 Å². The van der Waals surface area contributed by atoms with Crippen molar-refractivity contribution in [3.05, 3.63) is 123 Å². The topological polar surface area (TPSA) is 79.7 Å². The SMILES string of the molecule is CCN(Cc1ccccc1)[C@@H](c1cc2ccc(C)cc2[nH]c1=O)c1nnnn1Cc1ccccc1. The second-order valence-electron chi connectivity index (χ2n) is 8.78. The summed E-state index contributed by atoms with van der Waals surface area (Å²) in [6.45, 7) is 6.01. The smallest absolute Gasteiger partial charge is 0.253 e. The van der Waals surface area contributed by atoms with Crippen LogP contribution in [0.4, 0.5) is 0 Å². The van der Waals surface area contributed by atoms with E-state index in [1.54, 1.807) is 4.68 Å². The Hall–Kier alpha value is -4.10. The molecule has 0 fully saturated rings. The average Bonchev–Trinajstić information content (AvgIpc) is 3.32. The summed E-state index contributed by atoms with van der Waals surface area (Å²) < 4.78 is 1.80. The molecule has 7 nitrogen and oxygen atoms in total. The van der Waals surface area contributed by atoms with Crippen molar-refractivity contribution >= 4 is 10.9 Å². The quantitative estimate of drug-likeness (QED) is 0.366. The second kappa shape index (κ2) is 10.0. The standard InChI is InChI=1S/C28H28N6O/c1-3-33(18-21-10-6-4-7-11-21)26(24-17-23-15-14-20(2)16-25(23)29-28(24)35)27-30-31-32-34(27)19-22-12-8-5-9-13-22/h4-17,26H,3,18-19H2,1-2H3,(H,29,35)/t26-/m0/s1. The fourth-order valence-corrected chi connectivity index (χ4v) is 4.51. The summed E-state index contributed by atoms with van der Waals surface area (Å²) in [5, 5.41) is 13.7. The highest BCUT2D eigenvalue weighted by Gasteiger charge is 2.30. The van der Waals surface area contributed by atoms with E-state index in [2.05, 4.69) is 50.5 Å². The van der Waals surface area contributed by atoms with Gasteiger partial charge >= 0.3 is 0 Å². The molecule has 0 aliphatic rings. The molecule has 0 aliphatic heterocycles. The van der Waals surface area contributed by atoms with Crippen molar-refractivity contribution in [2.24, 2.45) is 0 Å². The zero-order valence-corrected chi connectivity index (χ0v) is 19.9. The van der Waals surface area contributed by atoms with Crippen LogP contribution in [0.3, 0.4) is 0 Å². The van der Waals surface area contributed by atoms with Crippen LogP contribution in [0.2, 0.25) is 0 Å². The van der Waals surface area contributed by atoms with Crippen molar-refractivity contribution in [2.75, 3.05) is 6.54 Å². The van der Waals surface area contributed by atoms with Crippen molar-refractivity contribution in [3.8, 4) is 0 Å². The van der Waals surface area contributed by atoms with Crippen LogP contribution < -0.4 is 5.56 Å². The van der Waals surface area contributed by atoms with Gasteiger partial charge < -0.3 is 4.98 Å². The first-order valence-electron chi connectivity index (χ1n) is 11.8. The Morgan fingerprint density at radius 1 is 0.943 bits per heavy atom. The van der Waals surface area contributed by atoms with Gasteiger partial charge in [0.15, 0.2) is 5.82 Å². The molecule has 0 saturated carbocycles. The van der Waals surface area contributed by atoms with E-state index in [0.29, 0.717) is 31.0 Å². The number of hydrogen-bond acceptors (Lipinski definition) is 5. The Morgan fingerprint density at radius 2 is 1.66 bits per heavy atom. The maximum atomic E-state index is 13.5. The van der Waals surface area contributed by atoms with E-state index in [9.17, 15) is 4.79 Å². The van der Waals surface area contributed by atoms with Gasteiger partial charge in [0.2, 0.25) is 0 Å². The molecule has 0 saturated heterocycles. The van der Waals surface area contributed by atoms with Crippen molar-refractivity contribution < 1.29 is 0 Å². The fraction of sp³-hybridized carbons (Fsp3) is 0.214. The Bertz CT molecular complexity index is 1480. The minimum absolute atomic E-state index is 0.131. The van der Waals surface area contributed by atoms with Crippen LogP contribution in [-0.4, -0.2) is 36.6 Å². The number of aryl methyl sites for hydroxylation is 1. The molecule has 0 amide bonds. The zero-order valence-electron chi connectivity index (χ0n) is 19.9. The van der Waals surface area contributed by atoms with Gasteiger partial charge in [0.25, 0.3) is 5.56 Å². The van der Waals surface area contributed by atoms with Crippen molar-refractivity contribution in [1.29, 1.82) is 0 Å². The highest BCUT2D eigenvalue weighted by Crippen LogP contribution is 2.28. The third-order valence-corrected chi connectivity index (χ3v) is 6.30. The minimum atomic E-state index is -0.423. The maximum absolute atomic E-state index is 13.5. The first kappa shape index (κ1) is 22.7. The van der Waals surface area contributed by atoms with Crippen LogP contribution >= 0.6 is 0 Å². The molecule has 1 atom stereocenters. The molecule has 1 N–H and O–H groups in total. The molecular weight excluding hydrogens is 436 g/mol. The lowest BCUT2D eigenvalue weighted by Gasteiger charge is -2.30. The van der Waals surface area contributed by atoms with Crippen LogP contribution in [-0.2, 0) is 13.1 Å². The number of aromatic amines is 1. The number of H-pyrrole nitrogens is 1.